The minimum atomic E-state index is -0.419. The Morgan fingerprint density at radius 2 is 1.70 bits per heavy atom. The topological polar surface area (TPSA) is 68.3 Å². The molecule has 0 aromatic heterocycles. The van der Waals surface area contributed by atoms with Gasteiger partial charge in [0.15, 0.2) is 0 Å². The summed E-state index contributed by atoms with van der Waals surface area (Å²) in [5, 5.41) is 7.62. The fourth-order valence-corrected chi connectivity index (χ4v) is 2.07. The molecule has 0 atom stereocenters. The third-order valence-electron chi connectivity index (χ3n) is 2.97. The molecule has 2 aromatic carbocycles. The molecule has 0 aliphatic heterocycles. The van der Waals surface area contributed by atoms with Crippen molar-refractivity contribution < 1.29 is 13.9 Å². The van der Waals surface area contributed by atoms with Gasteiger partial charge < -0.3 is 15.2 Å². The van der Waals surface area contributed by atoms with E-state index in [1.807, 2.05) is 0 Å². The first-order valence-electron chi connectivity index (χ1n) is 5.93. The number of halogens is 1. The summed E-state index contributed by atoms with van der Waals surface area (Å²) >= 11 is 0. The molecule has 2 aromatic rings. The van der Waals surface area contributed by atoms with Gasteiger partial charge in [0.25, 0.3) is 0 Å². The number of nitrogen functional groups attached to an aromatic ring is 1. The van der Waals surface area contributed by atoms with Crippen LogP contribution in [-0.2, 0) is 0 Å². The van der Waals surface area contributed by atoms with Gasteiger partial charge >= 0.3 is 0 Å². The summed E-state index contributed by atoms with van der Waals surface area (Å²) in [7, 11) is 3.04. The first-order valence-corrected chi connectivity index (χ1v) is 5.93. The molecule has 0 aliphatic carbocycles. The molecule has 20 heavy (non-hydrogen) atoms. The van der Waals surface area contributed by atoms with Crippen LogP contribution in [0.4, 0.5) is 4.39 Å². The normalized spacial score (nSPS) is 10.2. The number of amidine groups is 1. The van der Waals surface area contributed by atoms with E-state index in [2.05, 4.69) is 0 Å². The largest absolute Gasteiger partial charge is 0.496 e. The van der Waals surface area contributed by atoms with Gasteiger partial charge in [-0.15, -0.1) is 0 Å². The quantitative estimate of drug-likeness (QED) is 0.665. The van der Waals surface area contributed by atoms with Crippen LogP contribution in [0.25, 0.3) is 11.1 Å². The zero-order valence-electron chi connectivity index (χ0n) is 11.2. The van der Waals surface area contributed by atoms with E-state index < -0.39 is 5.82 Å². The molecule has 4 nitrogen and oxygen atoms in total. The molecule has 0 fully saturated rings. The first-order chi connectivity index (χ1) is 9.58. The Hall–Kier alpha value is -2.56. The second-order valence-corrected chi connectivity index (χ2v) is 4.14. The summed E-state index contributed by atoms with van der Waals surface area (Å²) < 4.78 is 24.2. The highest BCUT2D eigenvalue weighted by Gasteiger charge is 2.17. The van der Waals surface area contributed by atoms with Gasteiger partial charge in [-0.1, -0.05) is 6.07 Å². The average molecular weight is 274 g/mol. The third-order valence-corrected chi connectivity index (χ3v) is 2.97. The highest BCUT2D eigenvalue weighted by Crippen LogP contribution is 2.40. The predicted octanol–water partition coefficient (Wildman–Crippen LogP) is 2.79. The molecule has 5 heteroatoms. The molecule has 0 saturated heterocycles. The van der Waals surface area contributed by atoms with Crippen molar-refractivity contribution in [1.82, 2.24) is 0 Å². The average Bonchev–Trinajstić information content (AvgIpc) is 2.45. The van der Waals surface area contributed by atoms with Gasteiger partial charge in [-0.25, -0.2) is 4.39 Å². The van der Waals surface area contributed by atoms with Crippen LogP contribution in [0.15, 0.2) is 36.4 Å². The Bertz CT molecular complexity index is 634. The number of nitrogens with two attached hydrogens (primary N) is 1. The van der Waals surface area contributed by atoms with Crippen LogP contribution in [-0.4, -0.2) is 20.1 Å². The van der Waals surface area contributed by atoms with Crippen molar-refractivity contribution in [2.45, 2.75) is 0 Å². The lowest BCUT2D eigenvalue weighted by atomic mass is 9.97. The molecular weight excluding hydrogens is 259 g/mol. The van der Waals surface area contributed by atoms with Crippen molar-refractivity contribution in [3.63, 3.8) is 0 Å². The zero-order chi connectivity index (χ0) is 14.7. The highest BCUT2D eigenvalue weighted by molar-refractivity contribution is 6.02. The van der Waals surface area contributed by atoms with Crippen LogP contribution in [0.5, 0.6) is 11.5 Å². The molecule has 0 aliphatic rings. The molecule has 104 valence electrons. The van der Waals surface area contributed by atoms with E-state index in [-0.39, 0.29) is 5.84 Å². The second kappa shape index (κ2) is 5.61. The summed E-state index contributed by atoms with van der Waals surface area (Å²) in [4.78, 5) is 0. The van der Waals surface area contributed by atoms with E-state index in [0.717, 1.165) is 0 Å². The number of hydrogen-bond acceptors (Lipinski definition) is 3. The van der Waals surface area contributed by atoms with Crippen LogP contribution in [0.2, 0.25) is 0 Å². The molecule has 3 N–H and O–H groups in total. The second-order valence-electron chi connectivity index (χ2n) is 4.14. The number of hydrogen-bond donors (Lipinski definition) is 2. The molecule has 0 bridgehead atoms. The summed E-state index contributed by atoms with van der Waals surface area (Å²) in [5.41, 5.74) is 7.03. The fourth-order valence-electron chi connectivity index (χ4n) is 2.07. The Morgan fingerprint density at radius 1 is 1.10 bits per heavy atom. The van der Waals surface area contributed by atoms with Crippen LogP contribution < -0.4 is 15.2 Å². The molecule has 0 spiro atoms. The molecule has 0 amide bonds. The van der Waals surface area contributed by atoms with Gasteiger partial charge in [0.1, 0.15) is 23.2 Å². The minimum absolute atomic E-state index is 0.145. The molecule has 0 unspecified atom stereocenters. The van der Waals surface area contributed by atoms with Crippen LogP contribution in [0, 0.1) is 11.2 Å². The highest BCUT2D eigenvalue weighted by atomic mass is 19.1. The van der Waals surface area contributed by atoms with Crippen molar-refractivity contribution in [3.8, 4) is 22.6 Å². The lowest BCUT2D eigenvalue weighted by Crippen LogP contribution is -2.13. The van der Waals surface area contributed by atoms with E-state index in [1.54, 1.807) is 18.2 Å². The van der Waals surface area contributed by atoms with Crippen molar-refractivity contribution in [2.24, 2.45) is 5.73 Å². The first kappa shape index (κ1) is 13.9. The Morgan fingerprint density at radius 3 is 2.20 bits per heavy atom. The Kier molecular flexibility index (Phi) is 3.89. The van der Waals surface area contributed by atoms with E-state index >= 15 is 0 Å². The lowest BCUT2D eigenvalue weighted by molar-refractivity contribution is 0.397. The fraction of sp³-hybridized carbons (Fsp3) is 0.133. The monoisotopic (exact) mass is 274 g/mol. The molecule has 0 radical (unpaired) electrons. The number of ether oxygens (including phenoxy) is 2. The van der Waals surface area contributed by atoms with Crippen molar-refractivity contribution >= 4 is 5.84 Å². The lowest BCUT2D eigenvalue weighted by Gasteiger charge is -2.16. The van der Waals surface area contributed by atoms with Gasteiger partial charge in [-0.05, 0) is 30.3 Å². The summed E-state index contributed by atoms with van der Waals surface area (Å²) in [6.07, 6.45) is 0. The van der Waals surface area contributed by atoms with Gasteiger partial charge in [0.05, 0.1) is 19.8 Å². The van der Waals surface area contributed by atoms with Gasteiger partial charge in [0, 0.05) is 11.1 Å². The number of rotatable bonds is 4. The van der Waals surface area contributed by atoms with Crippen LogP contribution in [0.1, 0.15) is 5.56 Å². The minimum Gasteiger partial charge on any atom is -0.496 e. The van der Waals surface area contributed by atoms with E-state index in [1.165, 1.54) is 32.4 Å². The van der Waals surface area contributed by atoms with Crippen LogP contribution in [0.3, 0.4) is 0 Å². The van der Waals surface area contributed by atoms with Gasteiger partial charge in [-0.3, -0.25) is 5.41 Å². The smallest absolute Gasteiger partial charge is 0.130 e. The molecule has 0 saturated carbocycles. The number of nitrogens with one attached hydrogen (secondary N) is 1. The van der Waals surface area contributed by atoms with Gasteiger partial charge in [0.2, 0.25) is 0 Å². The number of benzene rings is 2. The van der Waals surface area contributed by atoms with Gasteiger partial charge in [-0.2, -0.15) is 0 Å². The summed E-state index contributed by atoms with van der Waals surface area (Å²) in [5.74, 6) is 0.487. The van der Waals surface area contributed by atoms with E-state index in [0.29, 0.717) is 28.2 Å². The van der Waals surface area contributed by atoms with Crippen LogP contribution >= 0.6 is 0 Å². The maximum absolute atomic E-state index is 13.6. The SMILES string of the molecule is COc1cccc(OC)c1-c1cc(F)ccc1C(=N)N. The number of methoxy groups -OCH3 is 2. The van der Waals surface area contributed by atoms with E-state index in [4.69, 9.17) is 20.6 Å². The predicted molar refractivity (Wildman–Crippen MR) is 76.0 cm³/mol. The maximum atomic E-state index is 13.6. The summed E-state index contributed by atoms with van der Waals surface area (Å²) in [6, 6.07) is 9.31. The molecule has 0 heterocycles. The van der Waals surface area contributed by atoms with Crippen molar-refractivity contribution in [1.29, 1.82) is 5.41 Å². The molecular formula is C15H15FN2O2. The Labute approximate surface area is 116 Å². The Balaban J connectivity index is 2.79. The molecule has 2 rings (SSSR count). The van der Waals surface area contributed by atoms with E-state index in [9.17, 15) is 4.39 Å². The third kappa shape index (κ3) is 2.42. The standard InChI is InChI=1S/C15H15FN2O2/c1-19-12-4-3-5-13(20-2)14(12)11-8-9(16)6-7-10(11)15(17)18/h3-8H,1-2H3,(H3,17,18). The zero-order valence-corrected chi connectivity index (χ0v) is 11.2. The maximum Gasteiger partial charge on any atom is 0.130 e. The summed E-state index contributed by atoms with van der Waals surface area (Å²) in [6.45, 7) is 0. The van der Waals surface area contributed by atoms with Crippen molar-refractivity contribution in [3.05, 3.63) is 47.8 Å². The van der Waals surface area contributed by atoms with Crippen molar-refractivity contribution in [2.75, 3.05) is 14.2 Å².